The molecule has 20 heavy (non-hydrogen) atoms. The van der Waals surface area contributed by atoms with E-state index < -0.39 is 5.72 Å². The van der Waals surface area contributed by atoms with E-state index in [-0.39, 0.29) is 12.5 Å². The highest BCUT2D eigenvalue weighted by Gasteiger charge is 2.41. The number of hydrogen-bond acceptors (Lipinski definition) is 4. The number of thiazole rings is 1. The fraction of sp³-hybridized carbons (Fsp3) is 0.286. The zero-order chi connectivity index (χ0) is 14.3. The second-order valence-corrected chi connectivity index (χ2v) is 6.74. The molecule has 2 heterocycles. The lowest BCUT2D eigenvalue weighted by molar-refractivity contribution is -0.117. The van der Waals surface area contributed by atoms with Crippen LogP contribution in [0.5, 0.6) is 0 Å². The summed E-state index contributed by atoms with van der Waals surface area (Å²) < 4.78 is 6.52. The lowest BCUT2D eigenvalue weighted by Crippen LogP contribution is -2.41. The van der Waals surface area contributed by atoms with Crippen LogP contribution in [0.2, 0.25) is 0 Å². The number of ether oxygens (including phenoxy) is 1. The number of carbonyl (C=O) groups is 1. The van der Waals surface area contributed by atoms with Crippen molar-refractivity contribution in [2.24, 2.45) is 0 Å². The van der Waals surface area contributed by atoms with Crippen molar-refractivity contribution >= 4 is 38.3 Å². The number of hydrogen-bond donors (Lipinski definition) is 0. The number of rotatable bonds is 2. The van der Waals surface area contributed by atoms with Crippen LogP contribution in [0.4, 0.5) is 5.13 Å². The fourth-order valence-electron chi connectivity index (χ4n) is 2.12. The van der Waals surface area contributed by atoms with Crippen LogP contribution in [0, 0.1) is 0 Å². The van der Waals surface area contributed by atoms with E-state index >= 15 is 0 Å². The molecule has 6 heteroatoms. The second kappa shape index (κ2) is 4.95. The van der Waals surface area contributed by atoms with Gasteiger partial charge in [-0.15, -0.1) is 11.3 Å². The predicted molar refractivity (Wildman–Crippen MR) is 82.8 cm³/mol. The molecule has 0 aliphatic carbocycles. The molecule has 3 rings (SSSR count). The third-order valence-corrected chi connectivity index (χ3v) is 4.51. The molecule has 0 N–H and O–H groups in total. The summed E-state index contributed by atoms with van der Waals surface area (Å²) in [5.74, 6) is -0.0493. The van der Waals surface area contributed by atoms with Gasteiger partial charge in [-0.3, -0.25) is 9.69 Å². The van der Waals surface area contributed by atoms with Gasteiger partial charge in [0.05, 0.1) is 5.69 Å². The first kappa shape index (κ1) is 13.7. The van der Waals surface area contributed by atoms with Crippen LogP contribution in [0.25, 0.3) is 11.3 Å². The minimum Gasteiger partial charge on any atom is -0.346 e. The molecule has 2 aromatic rings. The topological polar surface area (TPSA) is 42.4 Å². The van der Waals surface area contributed by atoms with Gasteiger partial charge in [-0.1, -0.05) is 28.1 Å². The van der Waals surface area contributed by atoms with E-state index in [0.29, 0.717) is 5.13 Å². The molecule has 0 unspecified atom stereocenters. The number of aromatic nitrogens is 1. The van der Waals surface area contributed by atoms with Crippen molar-refractivity contribution in [2.45, 2.75) is 19.6 Å². The Kier molecular flexibility index (Phi) is 3.40. The van der Waals surface area contributed by atoms with Crippen molar-refractivity contribution in [3.8, 4) is 11.3 Å². The number of nitrogens with zero attached hydrogens (tertiary/aromatic N) is 2. The Morgan fingerprint density at radius 3 is 2.65 bits per heavy atom. The first-order valence-corrected chi connectivity index (χ1v) is 7.83. The molecule has 4 nitrogen and oxygen atoms in total. The largest absolute Gasteiger partial charge is 0.346 e. The number of anilines is 1. The standard InChI is InChI=1S/C14H13BrN2O2S/c1-14(2)17(12(18)7-19-14)13-16-11(8-20-13)9-3-5-10(15)6-4-9/h3-6,8H,7H2,1-2H3. The van der Waals surface area contributed by atoms with E-state index in [1.807, 2.05) is 43.5 Å². The number of amides is 1. The summed E-state index contributed by atoms with van der Waals surface area (Å²) in [6, 6.07) is 7.94. The maximum absolute atomic E-state index is 11.9. The molecule has 1 aromatic heterocycles. The summed E-state index contributed by atoms with van der Waals surface area (Å²) in [5.41, 5.74) is 1.26. The van der Waals surface area contributed by atoms with Crippen molar-refractivity contribution in [3.05, 3.63) is 34.1 Å². The Morgan fingerprint density at radius 1 is 1.35 bits per heavy atom. The quantitative estimate of drug-likeness (QED) is 0.827. The molecule has 1 fully saturated rings. The van der Waals surface area contributed by atoms with Gasteiger partial charge < -0.3 is 4.74 Å². The maximum Gasteiger partial charge on any atom is 0.257 e. The van der Waals surface area contributed by atoms with Crippen molar-refractivity contribution in [3.63, 3.8) is 0 Å². The summed E-state index contributed by atoms with van der Waals surface area (Å²) in [5, 5.41) is 2.63. The molecular formula is C14H13BrN2O2S. The second-order valence-electron chi connectivity index (χ2n) is 4.99. The first-order valence-electron chi connectivity index (χ1n) is 6.16. The van der Waals surface area contributed by atoms with E-state index in [9.17, 15) is 4.79 Å². The number of halogens is 1. The Hall–Kier alpha value is -1.24. The minimum absolute atomic E-state index is 0.0493. The SMILES string of the molecule is CC1(C)OCC(=O)N1c1nc(-c2ccc(Br)cc2)cs1. The molecular weight excluding hydrogens is 340 g/mol. The highest BCUT2D eigenvalue weighted by atomic mass is 79.9. The smallest absolute Gasteiger partial charge is 0.257 e. The summed E-state index contributed by atoms with van der Waals surface area (Å²) in [4.78, 5) is 18.1. The number of benzene rings is 1. The first-order chi connectivity index (χ1) is 9.47. The number of carbonyl (C=O) groups excluding carboxylic acids is 1. The zero-order valence-electron chi connectivity index (χ0n) is 11.1. The molecule has 0 atom stereocenters. The van der Waals surface area contributed by atoms with E-state index in [2.05, 4.69) is 20.9 Å². The normalized spacial score (nSPS) is 17.8. The van der Waals surface area contributed by atoms with Crippen LogP contribution in [0.15, 0.2) is 34.1 Å². The van der Waals surface area contributed by atoms with Crippen LogP contribution < -0.4 is 4.90 Å². The molecule has 0 radical (unpaired) electrons. The zero-order valence-corrected chi connectivity index (χ0v) is 13.5. The van der Waals surface area contributed by atoms with Gasteiger partial charge in [0.2, 0.25) is 0 Å². The van der Waals surface area contributed by atoms with Gasteiger partial charge in [0.25, 0.3) is 5.91 Å². The highest BCUT2D eigenvalue weighted by molar-refractivity contribution is 9.10. The monoisotopic (exact) mass is 352 g/mol. The Bertz CT molecular complexity index is 651. The summed E-state index contributed by atoms with van der Waals surface area (Å²) in [6.07, 6.45) is 0. The lowest BCUT2D eigenvalue weighted by atomic mass is 10.2. The van der Waals surface area contributed by atoms with Gasteiger partial charge in [-0.2, -0.15) is 0 Å². The molecule has 0 saturated carbocycles. The molecule has 1 amide bonds. The molecule has 0 spiro atoms. The van der Waals surface area contributed by atoms with Gasteiger partial charge >= 0.3 is 0 Å². The average Bonchev–Trinajstić information content (AvgIpc) is 2.95. The van der Waals surface area contributed by atoms with Crippen molar-refractivity contribution in [1.29, 1.82) is 0 Å². The van der Waals surface area contributed by atoms with E-state index in [1.54, 1.807) is 4.90 Å². The van der Waals surface area contributed by atoms with Crippen molar-refractivity contribution in [1.82, 2.24) is 4.98 Å². The lowest BCUT2D eigenvalue weighted by Gasteiger charge is -2.27. The van der Waals surface area contributed by atoms with Gasteiger partial charge in [-0.05, 0) is 26.0 Å². The van der Waals surface area contributed by atoms with Gasteiger partial charge in [0, 0.05) is 15.4 Å². The third-order valence-electron chi connectivity index (χ3n) is 3.16. The van der Waals surface area contributed by atoms with Crippen LogP contribution in [-0.4, -0.2) is 23.2 Å². The fourth-order valence-corrected chi connectivity index (χ4v) is 3.37. The third kappa shape index (κ3) is 2.39. The van der Waals surface area contributed by atoms with Crippen molar-refractivity contribution < 1.29 is 9.53 Å². The summed E-state index contributed by atoms with van der Waals surface area (Å²) in [6.45, 7) is 3.86. The van der Waals surface area contributed by atoms with Gasteiger partial charge in [0.1, 0.15) is 12.3 Å². The molecule has 1 aromatic carbocycles. The van der Waals surface area contributed by atoms with E-state index in [4.69, 9.17) is 4.74 Å². The van der Waals surface area contributed by atoms with Gasteiger partial charge in [0.15, 0.2) is 5.13 Å². The molecule has 1 aliphatic heterocycles. The van der Waals surface area contributed by atoms with Crippen LogP contribution in [0.1, 0.15) is 13.8 Å². The van der Waals surface area contributed by atoms with E-state index in [0.717, 1.165) is 15.7 Å². The molecule has 1 saturated heterocycles. The van der Waals surface area contributed by atoms with Crippen LogP contribution in [0.3, 0.4) is 0 Å². The summed E-state index contributed by atoms with van der Waals surface area (Å²) in [7, 11) is 0. The molecule has 1 aliphatic rings. The van der Waals surface area contributed by atoms with Crippen LogP contribution >= 0.6 is 27.3 Å². The summed E-state index contributed by atoms with van der Waals surface area (Å²) >= 11 is 4.87. The minimum atomic E-state index is -0.633. The molecule has 0 bridgehead atoms. The highest BCUT2D eigenvalue weighted by Crippen LogP contribution is 2.35. The van der Waals surface area contributed by atoms with Gasteiger partial charge in [-0.25, -0.2) is 4.98 Å². The average molecular weight is 353 g/mol. The Labute approximate surface area is 129 Å². The van der Waals surface area contributed by atoms with Crippen molar-refractivity contribution in [2.75, 3.05) is 11.5 Å². The molecule has 104 valence electrons. The predicted octanol–water partition coefficient (Wildman–Crippen LogP) is 3.67. The van der Waals surface area contributed by atoms with Crippen LogP contribution in [-0.2, 0) is 9.53 Å². The Morgan fingerprint density at radius 2 is 2.05 bits per heavy atom. The maximum atomic E-state index is 11.9. The Balaban J connectivity index is 1.94. The van der Waals surface area contributed by atoms with E-state index in [1.165, 1.54) is 11.3 Å².